The SMILES string of the molecule is C=Cc1sc(CCc2ccc(C(=O)OC)c(O)c2)cc1-c1ccccc1. The molecule has 1 heterocycles. The molecule has 0 aliphatic carbocycles. The lowest BCUT2D eigenvalue weighted by Crippen LogP contribution is -2.02. The number of rotatable bonds is 6. The zero-order valence-electron chi connectivity index (χ0n) is 14.6. The van der Waals surface area contributed by atoms with Gasteiger partial charge in [-0.25, -0.2) is 4.79 Å². The highest BCUT2D eigenvalue weighted by Gasteiger charge is 2.13. The van der Waals surface area contributed by atoms with E-state index in [9.17, 15) is 9.90 Å². The molecule has 132 valence electrons. The van der Waals surface area contributed by atoms with Crippen molar-refractivity contribution >= 4 is 23.4 Å². The molecule has 26 heavy (non-hydrogen) atoms. The second kappa shape index (κ2) is 8.02. The van der Waals surface area contributed by atoms with Gasteiger partial charge in [0.15, 0.2) is 0 Å². The lowest BCUT2D eigenvalue weighted by Gasteiger charge is -2.05. The fourth-order valence-corrected chi connectivity index (χ4v) is 3.89. The van der Waals surface area contributed by atoms with Crippen LogP contribution in [-0.2, 0) is 17.6 Å². The van der Waals surface area contributed by atoms with Gasteiger partial charge >= 0.3 is 5.97 Å². The summed E-state index contributed by atoms with van der Waals surface area (Å²) in [6.07, 6.45) is 3.53. The minimum Gasteiger partial charge on any atom is -0.507 e. The predicted octanol–water partition coefficient (Wildman–Crippen LogP) is 5.34. The van der Waals surface area contributed by atoms with Gasteiger partial charge in [-0.2, -0.15) is 0 Å². The van der Waals surface area contributed by atoms with Crippen molar-refractivity contribution in [1.82, 2.24) is 0 Å². The monoisotopic (exact) mass is 364 g/mol. The summed E-state index contributed by atoms with van der Waals surface area (Å²) in [6.45, 7) is 3.93. The van der Waals surface area contributed by atoms with Crippen molar-refractivity contribution < 1.29 is 14.6 Å². The molecule has 2 aromatic carbocycles. The maximum Gasteiger partial charge on any atom is 0.341 e. The van der Waals surface area contributed by atoms with Gasteiger partial charge in [-0.15, -0.1) is 11.3 Å². The number of esters is 1. The lowest BCUT2D eigenvalue weighted by molar-refractivity contribution is 0.0597. The van der Waals surface area contributed by atoms with Crippen molar-refractivity contribution in [1.29, 1.82) is 0 Å². The van der Waals surface area contributed by atoms with Gasteiger partial charge in [0.1, 0.15) is 11.3 Å². The van der Waals surface area contributed by atoms with Crippen LogP contribution in [0.5, 0.6) is 5.75 Å². The predicted molar refractivity (Wildman–Crippen MR) is 107 cm³/mol. The van der Waals surface area contributed by atoms with Crippen LogP contribution in [0, 0.1) is 0 Å². The molecule has 3 rings (SSSR count). The van der Waals surface area contributed by atoms with Crippen LogP contribution in [0.3, 0.4) is 0 Å². The molecular weight excluding hydrogens is 344 g/mol. The molecule has 0 bridgehead atoms. The summed E-state index contributed by atoms with van der Waals surface area (Å²) in [7, 11) is 1.30. The second-order valence-corrected chi connectivity index (χ2v) is 7.07. The van der Waals surface area contributed by atoms with Crippen LogP contribution in [0.15, 0.2) is 61.2 Å². The number of carbonyl (C=O) groups excluding carboxylic acids is 1. The van der Waals surface area contributed by atoms with Crippen LogP contribution >= 0.6 is 11.3 Å². The molecule has 3 aromatic rings. The molecule has 1 N–H and O–H groups in total. The number of thiophene rings is 1. The summed E-state index contributed by atoms with van der Waals surface area (Å²) < 4.78 is 4.65. The van der Waals surface area contributed by atoms with Crippen LogP contribution in [-0.4, -0.2) is 18.2 Å². The van der Waals surface area contributed by atoms with Crippen molar-refractivity contribution in [2.24, 2.45) is 0 Å². The van der Waals surface area contributed by atoms with Crippen molar-refractivity contribution in [3.05, 3.63) is 82.1 Å². The summed E-state index contributed by atoms with van der Waals surface area (Å²) in [5, 5.41) is 10.0. The fraction of sp³-hybridized carbons (Fsp3) is 0.136. The zero-order valence-corrected chi connectivity index (χ0v) is 15.4. The Kier molecular flexibility index (Phi) is 5.54. The molecule has 0 saturated carbocycles. The summed E-state index contributed by atoms with van der Waals surface area (Å²) in [4.78, 5) is 14.0. The Morgan fingerprint density at radius 3 is 2.58 bits per heavy atom. The standard InChI is InChI=1S/C22H20O3S/c1-3-21-19(16-7-5-4-6-8-16)14-17(26-21)11-9-15-10-12-18(20(23)13-15)22(24)25-2/h3-8,10,12-14,23H,1,9,11H2,2H3. The molecule has 0 radical (unpaired) electrons. The maximum absolute atomic E-state index is 11.5. The van der Waals surface area contributed by atoms with Gasteiger partial charge in [0.05, 0.1) is 7.11 Å². The lowest BCUT2D eigenvalue weighted by atomic mass is 10.0. The average Bonchev–Trinajstić information content (AvgIpc) is 3.10. The largest absolute Gasteiger partial charge is 0.507 e. The van der Waals surface area contributed by atoms with Gasteiger partial charge in [0.2, 0.25) is 0 Å². The molecule has 0 aliphatic rings. The molecule has 1 aromatic heterocycles. The molecular formula is C22H20O3S. The number of aromatic hydroxyl groups is 1. The van der Waals surface area contributed by atoms with Crippen molar-refractivity contribution in [2.45, 2.75) is 12.8 Å². The van der Waals surface area contributed by atoms with E-state index in [1.807, 2.05) is 30.3 Å². The molecule has 3 nitrogen and oxygen atoms in total. The quantitative estimate of drug-likeness (QED) is 0.601. The molecule has 0 spiro atoms. The molecule has 0 aliphatic heterocycles. The van der Waals surface area contributed by atoms with E-state index in [-0.39, 0.29) is 11.3 Å². The van der Waals surface area contributed by atoms with Gasteiger partial charge in [0, 0.05) is 9.75 Å². The number of ether oxygens (including phenoxy) is 1. The number of hydrogen-bond donors (Lipinski definition) is 1. The number of phenols is 1. The van der Waals surface area contributed by atoms with E-state index in [0.29, 0.717) is 0 Å². The van der Waals surface area contributed by atoms with E-state index in [0.717, 1.165) is 23.3 Å². The van der Waals surface area contributed by atoms with Crippen molar-refractivity contribution in [3.8, 4) is 16.9 Å². The number of benzene rings is 2. The number of phenolic OH excluding ortho intramolecular Hbond substituents is 1. The first kappa shape index (κ1) is 18.0. The second-order valence-electron chi connectivity index (χ2n) is 5.90. The Labute approximate surface area is 157 Å². The Bertz CT molecular complexity index is 926. The molecule has 0 saturated heterocycles. The van der Waals surface area contributed by atoms with Gasteiger partial charge in [-0.3, -0.25) is 0 Å². The molecule has 0 amide bonds. The third kappa shape index (κ3) is 3.86. The minimum atomic E-state index is -0.532. The Morgan fingerprint density at radius 2 is 1.92 bits per heavy atom. The van der Waals surface area contributed by atoms with E-state index in [1.54, 1.807) is 23.5 Å². The highest BCUT2D eigenvalue weighted by atomic mass is 32.1. The van der Waals surface area contributed by atoms with Gasteiger partial charge in [-0.1, -0.05) is 49.1 Å². The van der Waals surface area contributed by atoms with Crippen molar-refractivity contribution in [2.75, 3.05) is 7.11 Å². The number of carbonyl (C=O) groups is 1. The molecule has 4 heteroatoms. The first-order valence-electron chi connectivity index (χ1n) is 8.33. The maximum atomic E-state index is 11.5. The highest BCUT2D eigenvalue weighted by Crippen LogP contribution is 2.33. The molecule has 0 unspecified atom stereocenters. The summed E-state index contributed by atoms with van der Waals surface area (Å²) in [5.41, 5.74) is 3.55. The first-order valence-corrected chi connectivity index (χ1v) is 9.14. The smallest absolute Gasteiger partial charge is 0.341 e. The van der Waals surface area contributed by atoms with E-state index in [2.05, 4.69) is 29.5 Å². The number of aryl methyl sites for hydroxylation is 2. The van der Waals surface area contributed by atoms with Crippen LogP contribution in [0.25, 0.3) is 17.2 Å². The van der Waals surface area contributed by atoms with E-state index in [4.69, 9.17) is 0 Å². The van der Waals surface area contributed by atoms with Crippen LogP contribution in [0.4, 0.5) is 0 Å². The van der Waals surface area contributed by atoms with Crippen LogP contribution in [0.1, 0.15) is 25.7 Å². The van der Waals surface area contributed by atoms with Gasteiger partial charge in [-0.05, 0) is 47.7 Å². The van der Waals surface area contributed by atoms with Gasteiger partial charge in [0.25, 0.3) is 0 Å². The molecule has 0 atom stereocenters. The number of methoxy groups -OCH3 is 1. The normalized spacial score (nSPS) is 10.5. The third-order valence-electron chi connectivity index (χ3n) is 4.21. The summed E-state index contributed by atoms with van der Waals surface area (Å²) >= 11 is 1.73. The topological polar surface area (TPSA) is 46.5 Å². The summed E-state index contributed by atoms with van der Waals surface area (Å²) in [6, 6.07) is 17.6. The van der Waals surface area contributed by atoms with Crippen LogP contribution in [0.2, 0.25) is 0 Å². The molecule has 0 fully saturated rings. The fourth-order valence-electron chi connectivity index (χ4n) is 2.86. The zero-order chi connectivity index (χ0) is 18.5. The Hall–Kier alpha value is -2.85. The van der Waals surface area contributed by atoms with E-state index >= 15 is 0 Å². The summed E-state index contributed by atoms with van der Waals surface area (Å²) in [5.74, 6) is -0.576. The van der Waals surface area contributed by atoms with Gasteiger partial charge < -0.3 is 9.84 Å². The van der Waals surface area contributed by atoms with E-state index < -0.39 is 5.97 Å². The Morgan fingerprint density at radius 1 is 1.15 bits per heavy atom. The number of hydrogen-bond acceptors (Lipinski definition) is 4. The minimum absolute atomic E-state index is 0.0442. The Balaban J connectivity index is 1.76. The van der Waals surface area contributed by atoms with Crippen molar-refractivity contribution in [3.63, 3.8) is 0 Å². The average molecular weight is 364 g/mol. The first-order chi connectivity index (χ1) is 12.6. The van der Waals surface area contributed by atoms with Crippen LogP contribution < -0.4 is 0 Å². The highest BCUT2D eigenvalue weighted by molar-refractivity contribution is 7.13. The third-order valence-corrected chi connectivity index (χ3v) is 5.40. The van der Waals surface area contributed by atoms with E-state index in [1.165, 1.54) is 23.1 Å².